The fraction of sp³-hybridized carbons (Fsp3) is 0.200. The Kier molecular flexibility index (Phi) is 5.07. The van der Waals surface area contributed by atoms with Crippen molar-refractivity contribution in [2.24, 2.45) is 0 Å². The molecule has 0 saturated carbocycles. The lowest BCUT2D eigenvalue weighted by atomic mass is 9.94. The number of nitrogens with zero attached hydrogens (tertiary/aromatic N) is 1. The molecule has 1 heterocycles. The SMILES string of the molecule is CCCCCn1cc(C(=O)c2ccc(C=O)c3ccccc23)c2ccccc21. The van der Waals surface area contributed by atoms with E-state index in [-0.39, 0.29) is 5.78 Å². The lowest BCUT2D eigenvalue weighted by Gasteiger charge is -2.07. The van der Waals surface area contributed by atoms with Gasteiger partial charge in [-0.15, -0.1) is 0 Å². The van der Waals surface area contributed by atoms with Crippen LogP contribution in [0, 0.1) is 0 Å². The minimum Gasteiger partial charge on any atom is -0.347 e. The normalized spacial score (nSPS) is 11.2. The molecule has 3 nitrogen and oxygen atoms in total. The van der Waals surface area contributed by atoms with Crippen LogP contribution in [0.15, 0.2) is 66.9 Å². The van der Waals surface area contributed by atoms with Gasteiger partial charge in [0, 0.05) is 40.3 Å². The van der Waals surface area contributed by atoms with E-state index in [1.165, 1.54) is 12.8 Å². The number of ketones is 1. The maximum atomic E-state index is 13.5. The molecular formula is C25H23NO2. The Bertz CT molecular complexity index is 1170. The summed E-state index contributed by atoms with van der Waals surface area (Å²) in [5, 5.41) is 2.61. The number of aromatic nitrogens is 1. The first kappa shape index (κ1) is 18.2. The molecule has 0 unspecified atom stereocenters. The monoisotopic (exact) mass is 369 g/mol. The fourth-order valence-electron chi connectivity index (χ4n) is 3.91. The predicted molar refractivity (Wildman–Crippen MR) is 114 cm³/mol. The molecule has 3 aromatic carbocycles. The molecule has 4 aromatic rings. The van der Waals surface area contributed by atoms with Gasteiger partial charge in [-0.3, -0.25) is 9.59 Å². The second-order valence-corrected chi connectivity index (χ2v) is 7.16. The number of carbonyl (C=O) groups is 2. The van der Waals surface area contributed by atoms with Crippen molar-refractivity contribution < 1.29 is 9.59 Å². The number of para-hydroxylation sites is 1. The summed E-state index contributed by atoms with van der Waals surface area (Å²) < 4.78 is 2.19. The summed E-state index contributed by atoms with van der Waals surface area (Å²) in [5.41, 5.74) is 3.05. The Morgan fingerprint density at radius 1 is 0.857 bits per heavy atom. The summed E-state index contributed by atoms with van der Waals surface area (Å²) in [6, 6.07) is 19.2. The van der Waals surface area contributed by atoms with Gasteiger partial charge in [-0.05, 0) is 29.3 Å². The van der Waals surface area contributed by atoms with Crippen LogP contribution >= 0.6 is 0 Å². The van der Waals surface area contributed by atoms with Crippen molar-refractivity contribution in [1.82, 2.24) is 4.57 Å². The van der Waals surface area contributed by atoms with E-state index >= 15 is 0 Å². The first-order chi connectivity index (χ1) is 13.7. The van der Waals surface area contributed by atoms with Crippen LogP contribution in [0.4, 0.5) is 0 Å². The van der Waals surface area contributed by atoms with Crippen LogP contribution in [0.5, 0.6) is 0 Å². The molecule has 0 amide bonds. The highest BCUT2D eigenvalue weighted by Crippen LogP contribution is 2.28. The second kappa shape index (κ2) is 7.81. The Balaban J connectivity index is 1.84. The van der Waals surface area contributed by atoms with Crippen molar-refractivity contribution in [2.75, 3.05) is 0 Å². The standard InChI is InChI=1S/C25H23NO2/c1-2-3-8-15-26-16-23(21-11-6-7-12-24(21)26)25(28)22-14-13-18(17-27)19-9-4-5-10-20(19)22/h4-7,9-14,16-17H,2-3,8,15H2,1H3. The smallest absolute Gasteiger partial charge is 0.195 e. The Morgan fingerprint density at radius 3 is 2.32 bits per heavy atom. The van der Waals surface area contributed by atoms with Gasteiger partial charge in [0.1, 0.15) is 0 Å². The molecule has 0 aliphatic heterocycles. The summed E-state index contributed by atoms with van der Waals surface area (Å²) in [5.74, 6) is -0.000842. The van der Waals surface area contributed by atoms with Crippen LogP contribution in [0.25, 0.3) is 21.7 Å². The van der Waals surface area contributed by atoms with Gasteiger partial charge in [-0.25, -0.2) is 0 Å². The van der Waals surface area contributed by atoms with Gasteiger partial charge in [0.25, 0.3) is 0 Å². The van der Waals surface area contributed by atoms with Crippen molar-refractivity contribution >= 4 is 33.7 Å². The van der Waals surface area contributed by atoms with Gasteiger partial charge in [-0.1, -0.05) is 68.3 Å². The van der Waals surface area contributed by atoms with Crippen molar-refractivity contribution in [3.05, 3.63) is 83.6 Å². The molecule has 3 heteroatoms. The molecule has 0 saturated heterocycles. The van der Waals surface area contributed by atoms with Gasteiger partial charge in [0.05, 0.1) is 0 Å². The molecule has 1 aromatic heterocycles. The van der Waals surface area contributed by atoms with Crippen molar-refractivity contribution in [2.45, 2.75) is 32.7 Å². The highest BCUT2D eigenvalue weighted by atomic mass is 16.1. The average molecular weight is 369 g/mol. The number of unbranched alkanes of at least 4 members (excludes halogenated alkanes) is 2. The van der Waals surface area contributed by atoms with Crippen LogP contribution in [-0.2, 0) is 6.54 Å². The zero-order chi connectivity index (χ0) is 19.5. The molecule has 140 valence electrons. The summed E-state index contributed by atoms with van der Waals surface area (Å²) in [4.78, 5) is 24.9. The Labute approximate surface area is 164 Å². The van der Waals surface area contributed by atoms with Crippen molar-refractivity contribution in [3.63, 3.8) is 0 Å². The number of benzene rings is 3. The number of aryl methyl sites for hydroxylation is 1. The topological polar surface area (TPSA) is 39.1 Å². The predicted octanol–water partition coefficient (Wildman–Crippen LogP) is 6.03. The van der Waals surface area contributed by atoms with Crippen LogP contribution in [-0.4, -0.2) is 16.6 Å². The van der Waals surface area contributed by atoms with Gasteiger partial charge in [-0.2, -0.15) is 0 Å². The first-order valence-corrected chi connectivity index (χ1v) is 9.84. The quantitative estimate of drug-likeness (QED) is 0.227. The third kappa shape index (κ3) is 3.13. The molecule has 0 aliphatic carbocycles. The minimum absolute atomic E-state index is 0.000842. The van der Waals surface area contributed by atoms with E-state index in [1.807, 2.05) is 48.7 Å². The average Bonchev–Trinajstić information content (AvgIpc) is 3.11. The zero-order valence-corrected chi connectivity index (χ0v) is 16.0. The highest BCUT2D eigenvalue weighted by molar-refractivity contribution is 6.22. The molecule has 0 atom stereocenters. The Morgan fingerprint density at radius 2 is 1.57 bits per heavy atom. The van der Waals surface area contributed by atoms with E-state index in [2.05, 4.69) is 17.6 Å². The molecule has 0 fully saturated rings. The molecule has 0 bridgehead atoms. The summed E-state index contributed by atoms with van der Waals surface area (Å²) in [6.07, 6.45) is 6.27. The third-order valence-corrected chi connectivity index (χ3v) is 5.37. The van der Waals surface area contributed by atoms with Gasteiger partial charge in [0.15, 0.2) is 12.1 Å². The van der Waals surface area contributed by atoms with Gasteiger partial charge < -0.3 is 4.57 Å². The van der Waals surface area contributed by atoms with Gasteiger partial charge in [0.2, 0.25) is 0 Å². The van der Waals surface area contributed by atoms with E-state index in [9.17, 15) is 9.59 Å². The molecule has 0 radical (unpaired) electrons. The van der Waals surface area contributed by atoms with Crippen molar-refractivity contribution in [3.8, 4) is 0 Å². The third-order valence-electron chi connectivity index (χ3n) is 5.37. The van der Waals surface area contributed by atoms with E-state index in [4.69, 9.17) is 0 Å². The second-order valence-electron chi connectivity index (χ2n) is 7.16. The van der Waals surface area contributed by atoms with Crippen LogP contribution in [0.1, 0.15) is 52.5 Å². The zero-order valence-electron chi connectivity index (χ0n) is 16.0. The molecule has 0 spiro atoms. The first-order valence-electron chi connectivity index (χ1n) is 9.84. The maximum absolute atomic E-state index is 13.5. The lowest BCUT2D eigenvalue weighted by Crippen LogP contribution is -2.03. The highest BCUT2D eigenvalue weighted by Gasteiger charge is 2.19. The van der Waals surface area contributed by atoms with Crippen LogP contribution in [0.2, 0.25) is 0 Å². The summed E-state index contributed by atoms with van der Waals surface area (Å²) >= 11 is 0. The number of fused-ring (bicyclic) bond motifs is 2. The molecular weight excluding hydrogens is 346 g/mol. The maximum Gasteiger partial charge on any atom is 0.195 e. The lowest BCUT2D eigenvalue weighted by molar-refractivity contribution is 0.104. The largest absolute Gasteiger partial charge is 0.347 e. The van der Waals surface area contributed by atoms with Gasteiger partial charge >= 0.3 is 0 Å². The fourth-order valence-corrected chi connectivity index (χ4v) is 3.91. The minimum atomic E-state index is -0.000842. The van der Waals surface area contributed by atoms with Crippen molar-refractivity contribution in [1.29, 1.82) is 0 Å². The molecule has 0 N–H and O–H groups in total. The summed E-state index contributed by atoms with van der Waals surface area (Å²) in [6.45, 7) is 3.10. The van der Waals surface area contributed by atoms with E-state index in [0.29, 0.717) is 11.1 Å². The Hall–Kier alpha value is -3.20. The van der Waals surface area contributed by atoms with E-state index in [1.54, 1.807) is 12.1 Å². The van der Waals surface area contributed by atoms with E-state index in [0.717, 1.165) is 46.5 Å². The summed E-state index contributed by atoms with van der Waals surface area (Å²) in [7, 11) is 0. The molecule has 28 heavy (non-hydrogen) atoms. The van der Waals surface area contributed by atoms with E-state index < -0.39 is 0 Å². The number of rotatable bonds is 7. The van der Waals surface area contributed by atoms with Crippen LogP contribution < -0.4 is 0 Å². The molecule has 0 aliphatic rings. The number of carbonyl (C=O) groups excluding carboxylic acids is 2. The van der Waals surface area contributed by atoms with Crippen LogP contribution in [0.3, 0.4) is 0 Å². The number of hydrogen-bond donors (Lipinski definition) is 0. The number of aldehydes is 1. The molecule has 4 rings (SSSR count). The number of hydrogen-bond acceptors (Lipinski definition) is 2.